The number of rotatable bonds is 49. The van der Waals surface area contributed by atoms with Crippen LogP contribution in [0.1, 0.15) is 252 Å². The quantitative estimate of drug-likeness (QED) is 0.0205. The van der Waals surface area contributed by atoms with Crippen molar-refractivity contribution in [2.24, 2.45) is 0 Å². The summed E-state index contributed by atoms with van der Waals surface area (Å²) in [6, 6.07) is -0.872. The number of allylic oxidation sites excluding steroid dienone is 5. The third kappa shape index (κ3) is 47.1. The van der Waals surface area contributed by atoms with E-state index in [4.69, 9.17) is 13.8 Å². The van der Waals surface area contributed by atoms with Crippen LogP contribution in [0.3, 0.4) is 0 Å². The van der Waals surface area contributed by atoms with Crippen LogP contribution in [0, 0.1) is 0 Å². The van der Waals surface area contributed by atoms with Gasteiger partial charge in [0.2, 0.25) is 5.91 Å². The number of likely N-dealkylation sites (N-methyl/N-ethyl adjacent to an activating group) is 1. The summed E-state index contributed by atoms with van der Waals surface area (Å²) in [4.78, 5) is 37.4. The van der Waals surface area contributed by atoms with E-state index < -0.39 is 20.0 Å². The molecule has 0 saturated heterocycles. The number of hydrogen-bond donors (Lipinski definition) is 2. The number of hydrogen-bond acceptors (Lipinski definition) is 6. The Morgan fingerprint density at radius 2 is 0.954 bits per heavy atom. The minimum Gasteiger partial charge on any atom is -0.456 e. The molecule has 2 N–H and O–H groups in total. The molecule has 0 bridgehead atoms. The summed E-state index contributed by atoms with van der Waals surface area (Å²) in [6.07, 6.45) is 52.9. The van der Waals surface area contributed by atoms with Crippen LogP contribution in [0.4, 0.5) is 0 Å². The Balaban J connectivity index is 5.46. The molecule has 382 valence electrons. The van der Waals surface area contributed by atoms with Gasteiger partial charge >= 0.3 is 13.8 Å². The van der Waals surface area contributed by atoms with Gasteiger partial charge in [0.1, 0.15) is 19.3 Å². The number of ether oxygens (including phenoxy) is 1. The van der Waals surface area contributed by atoms with Crippen molar-refractivity contribution in [1.82, 2.24) is 5.32 Å². The van der Waals surface area contributed by atoms with Gasteiger partial charge in [0.05, 0.1) is 33.8 Å². The molecule has 0 saturated carbocycles. The Bertz CT molecular complexity index is 1220. The SMILES string of the molecule is CCCCCCCC/C=C\C/C=C/CCC(=O)NC(COP(=O)(O)OCC[N+](C)(C)C)C(/C=C/CCCCCCCCCCCC)OC(=O)CCCCCCCCCCCCCCCC. The number of carbonyl (C=O) groups is 2. The van der Waals surface area contributed by atoms with E-state index in [0.717, 1.165) is 51.4 Å². The van der Waals surface area contributed by atoms with Crippen molar-refractivity contribution in [3.05, 3.63) is 36.5 Å². The first-order valence-electron chi connectivity index (χ1n) is 27.3. The van der Waals surface area contributed by atoms with Gasteiger partial charge in [-0.3, -0.25) is 18.6 Å². The molecular weight excluding hydrogens is 832 g/mol. The van der Waals surface area contributed by atoms with Crippen molar-refractivity contribution in [2.75, 3.05) is 40.9 Å². The minimum absolute atomic E-state index is 0.0330. The van der Waals surface area contributed by atoms with Crippen molar-refractivity contribution in [2.45, 2.75) is 264 Å². The number of carbonyl (C=O) groups excluding carboxylic acids is 2. The molecule has 0 radical (unpaired) electrons. The number of amides is 1. The smallest absolute Gasteiger partial charge is 0.456 e. The van der Waals surface area contributed by atoms with E-state index in [1.165, 1.54) is 161 Å². The molecule has 0 aromatic rings. The molecule has 0 rings (SSSR count). The zero-order chi connectivity index (χ0) is 48.0. The predicted octanol–water partition coefficient (Wildman–Crippen LogP) is 16.0. The van der Waals surface area contributed by atoms with Gasteiger partial charge in [-0.25, -0.2) is 4.57 Å². The van der Waals surface area contributed by atoms with Gasteiger partial charge in [0, 0.05) is 12.8 Å². The Morgan fingerprint density at radius 1 is 0.538 bits per heavy atom. The summed E-state index contributed by atoms with van der Waals surface area (Å²) in [5, 5.41) is 3.00. The van der Waals surface area contributed by atoms with Crippen molar-refractivity contribution in [1.29, 1.82) is 0 Å². The molecule has 65 heavy (non-hydrogen) atoms. The third-order valence-corrected chi connectivity index (χ3v) is 13.1. The van der Waals surface area contributed by atoms with Gasteiger partial charge < -0.3 is 19.4 Å². The van der Waals surface area contributed by atoms with Crippen LogP contribution in [-0.4, -0.2) is 74.3 Å². The Hall–Kier alpha value is -1.77. The normalized spacial score (nSPS) is 14.1. The molecule has 10 heteroatoms. The highest BCUT2D eigenvalue weighted by atomic mass is 31.2. The van der Waals surface area contributed by atoms with Crippen LogP contribution in [0.5, 0.6) is 0 Å². The second-order valence-electron chi connectivity index (χ2n) is 19.8. The minimum atomic E-state index is -4.45. The van der Waals surface area contributed by atoms with Gasteiger partial charge in [0.15, 0.2) is 0 Å². The lowest BCUT2D eigenvalue weighted by molar-refractivity contribution is -0.870. The average Bonchev–Trinajstić information content (AvgIpc) is 3.26. The summed E-state index contributed by atoms with van der Waals surface area (Å²) in [5.41, 5.74) is 0. The van der Waals surface area contributed by atoms with Crippen molar-refractivity contribution in [3.8, 4) is 0 Å². The molecule has 9 nitrogen and oxygen atoms in total. The molecule has 1 amide bonds. The van der Waals surface area contributed by atoms with Gasteiger partial charge in [-0.15, -0.1) is 0 Å². The van der Waals surface area contributed by atoms with E-state index in [-0.39, 0.29) is 37.9 Å². The number of phosphoric acid groups is 1. The van der Waals surface area contributed by atoms with E-state index in [1.807, 2.05) is 39.4 Å². The van der Waals surface area contributed by atoms with E-state index in [0.29, 0.717) is 17.4 Å². The summed E-state index contributed by atoms with van der Waals surface area (Å²) in [7, 11) is 1.47. The van der Waals surface area contributed by atoms with E-state index in [1.54, 1.807) is 0 Å². The molecule has 0 spiro atoms. The van der Waals surface area contributed by atoms with Crippen molar-refractivity contribution >= 4 is 19.7 Å². The first kappa shape index (κ1) is 63.2. The maximum absolute atomic E-state index is 13.4. The zero-order valence-corrected chi connectivity index (χ0v) is 44.4. The van der Waals surface area contributed by atoms with Gasteiger partial charge in [-0.1, -0.05) is 225 Å². The molecule has 0 aliphatic rings. The third-order valence-electron chi connectivity index (χ3n) is 12.1. The first-order chi connectivity index (χ1) is 31.4. The van der Waals surface area contributed by atoms with E-state index in [9.17, 15) is 19.0 Å². The fourth-order valence-electron chi connectivity index (χ4n) is 7.81. The number of unbranched alkanes of at least 4 members (excludes halogenated alkanes) is 29. The summed E-state index contributed by atoms with van der Waals surface area (Å²) >= 11 is 0. The summed E-state index contributed by atoms with van der Waals surface area (Å²) < 4.78 is 30.5. The number of quaternary nitrogens is 1. The topological polar surface area (TPSA) is 111 Å². The molecule has 0 heterocycles. The maximum atomic E-state index is 13.4. The van der Waals surface area contributed by atoms with E-state index in [2.05, 4.69) is 44.3 Å². The van der Waals surface area contributed by atoms with Gasteiger partial charge in [0.25, 0.3) is 0 Å². The average molecular weight is 938 g/mol. The second kappa shape index (κ2) is 46.0. The maximum Gasteiger partial charge on any atom is 0.472 e. The number of nitrogens with zero attached hydrogens (tertiary/aromatic N) is 1. The lowest BCUT2D eigenvalue weighted by Crippen LogP contribution is -2.47. The largest absolute Gasteiger partial charge is 0.472 e. The molecule has 0 aliphatic carbocycles. The lowest BCUT2D eigenvalue weighted by Gasteiger charge is -2.27. The first-order valence-corrected chi connectivity index (χ1v) is 28.8. The van der Waals surface area contributed by atoms with Crippen LogP contribution >= 0.6 is 7.82 Å². The fourth-order valence-corrected chi connectivity index (χ4v) is 8.55. The molecule has 3 unspecified atom stereocenters. The van der Waals surface area contributed by atoms with Gasteiger partial charge in [-0.2, -0.15) is 0 Å². The zero-order valence-electron chi connectivity index (χ0n) is 43.5. The summed E-state index contributed by atoms with van der Waals surface area (Å²) in [6.45, 7) is 6.96. The molecular formula is C55H106N2O7P+. The lowest BCUT2D eigenvalue weighted by atomic mass is 10.0. The number of esters is 1. The number of nitrogens with one attached hydrogen (secondary N) is 1. The predicted molar refractivity (Wildman–Crippen MR) is 277 cm³/mol. The van der Waals surface area contributed by atoms with E-state index >= 15 is 0 Å². The number of phosphoric ester groups is 1. The van der Waals surface area contributed by atoms with Crippen LogP contribution < -0.4 is 5.32 Å². The monoisotopic (exact) mass is 938 g/mol. The Labute approximate surface area is 402 Å². The molecule has 0 fully saturated rings. The van der Waals surface area contributed by atoms with Crippen LogP contribution in [0.25, 0.3) is 0 Å². The molecule has 0 aromatic heterocycles. The van der Waals surface area contributed by atoms with Crippen LogP contribution in [-0.2, 0) is 27.9 Å². The Morgan fingerprint density at radius 3 is 1.42 bits per heavy atom. The highest BCUT2D eigenvalue weighted by Gasteiger charge is 2.30. The Kier molecular flexibility index (Phi) is 44.7. The molecule has 3 atom stereocenters. The van der Waals surface area contributed by atoms with Crippen molar-refractivity contribution in [3.63, 3.8) is 0 Å². The second-order valence-corrected chi connectivity index (χ2v) is 21.2. The molecule has 0 aliphatic heterocycles. The fraction of sp³-hybridized carbons (Fsp3) is 0.855. The van der Waals surface area contributed by atoms with Crippen LogP contribution in [0.2, 0.25) is 0 Å². The summed E-state index contributed by atoms with van der Waals surface area (Å²) in [5.74, 6) is -0.577. The highest BCUT2D eigenvalue weighted by Crippen LogP contribution is 2.43. The standard InChI is InChI=1S/C55H105N2O7P/c1-7-10-13-16-19-22-25-28-30-33-36-39-42-45-48-55(59)64-53(46-43-40-37-34-31-27-24-21-18-15-12-9-3)52(51-63-65(60,61)62-50-49-57(4,5)6)56-54(58)47-44-41-38-35-32-29-26-23-20-17-14-11-8-2/h29,32,38,41,43,46,52-53H,7-28,30-31,33-37,39-40,42,44-45,47-51H2,1-6H3,(H-,56,58,60,61)/p+1/b32-29-,41-38+,46-43+. The van der Waals surface area contributed by atoms with Crippen LogP contribution in [0.15, 0.2) is 36.5 Å². The molecule has 0 aromatic carbocycles. The highest BCUT2D eigenvalue weighted by molar-refractivity contribution is 7.47. The van der Waals surface area contributed by atoms with Gasteiger partial charge in [-0.05, 0) is 51.0 Å². The van der Waals surface area contributed by atoms with Crippen molar-refractivity contribution < 1.29 is 37.3 Å².